The van der Waals surface area contributed by atoms with Gasteiger partial charge in [0.25, 0.3) is 0 Å². The van der Waals surface area contributed by atoms with Gasteiger partial charge in [0.05, 0.1) is 7.85 Å². The van der Waals surface area contributed by atoms with Gasteiger partial charge in [-0.05, 0) is 0 Å². The normalized spacial score (nSPS) is 25.8. The van der Waals surface area contributed by atoms with Crippen molar-refractivity contribution in [1.29, 1.82) is 0 Å². The molecule has 0 nitrogen and oxygen atoms in total. The van der Waals surface area contributed by atoms with Crippen molar-refractivity contribution in [3.8, 4) is 0 Å². The van der Waals surface area contributed by atoms with Crippen LogP contribution in [0.25, 0.3) is 0 Å². The molecule has 1 rings (SSSR count). The Morgan fingerprint density at radius 1 is 0.562 bits per heavy atom. The van der Waals surface area contributed by atoms with Crippen molar-refractivity contribution in [2.24, 2.45) is 0 Å². The molecule has 0 saturated heterocycles. The minimum atomic E-state index is 0.115. The fourth-order valence-electron chi connectivity index (χ4n) is 2.77. The zero-order valence-electron chi connectivity index (χ0n) is 11.3. The molecule has 1 aliphatic carbocycles. The highest BCUT2D eigenvalue weighted by atomic mass is 14.2. The molecule has 16 heavy (non-hydrogen) atoms. The maximum absolute atomic E-state index is 6.33. The summed E-state index contributed by atoms with van der Waals surface area (Å²) in [4.78, 5) is 0. The summed E-state index contributed by atoms with van der Waals surface area (Å²) in [7, 11) is 6.33. The molecule has 0 bridgehead atoms. The van der Waals surface area contributed by atoms with E-state index in [1.54, 1.807) is 0 Å². The van der Waals surface area contributed by atoms with E-state index in [-0.39, 0.29) is 5.31 Å². The van der Waals surface area contributed by atoms with Crippen molar-refractivity contribution in [3.05, 3.63) is 0 Å². The van der Waals surface area contributed by atoms with E-state index in [1.165, 1.54) is 83.5 Å². The van der Waals surface area contributed by atoms with Crippen molar-refractivity contribution >= 4 is 7.85 Å². The van der Waals surface area contributed by atoms with Crippen LogP contribution in [0.5, 0.6) is 0 Å². The zero-order valence-corrected chi connectivity index (χ0v) is 11.3. The first-order valence-corrected chi connectivity index (χ1v) is 7.50. The average Bonchev–Trinajstić information content (AvgIpc) is 2.24. The molecule has 0 amide bonds. The van der Waals surface area contributed by atoms with Crippen molar-refractivity contribution in [1.82, 2.24) is 0 Å². The predicted octanol–water partition coefficient (Wildman–Crippen LogP) is 5.42. The number of hydrogen-bond acceptors (Lipinski definition) is 0. The third-order valence-electron chi connectivity index (χ3n) is 4.00. The smallest absolute Gasteiger partial charge is 0.0688 e. The summed E-state index contributed by atoms with van der Waals surface area (Å²) >= 11 is 0. The minimum Gasteiger partial charge on any atom is -0.0688 e. The molecule has 0 aromatic carbocycles. The van der Waals surface area contributed by atoms with Crippen molar-refractivity contribution in [3.63, 3.8) is 0 Å². The molecule has 1 fully saturated rings. The van der Waals surface area contributed by atoms with E-state index in [0.29, 0.717) is 0 Å². The minimum absolute atomic E-state index is 0.115. The highest BCUT2D eigenvalue weighted by molar-refractivity contribution is 6.14. The van der Waals surface area contributed by atoms with Gasteiger partial charge in [-0.1, -0.05) is 95.7 Å². The second kappa shape index (κ2) is 8.20. The van der Waals surface area contributed by atoms with Crippen molar-refractivity contribution in [2.45, 2.75) is 95.7 Å². The lowest BCUT2D eigenvalue weighted by Crippen LogP contribution is -2.08. The number of rotatable bonds is 0. The fraction of sp³-hybridized carbons (Fsp3) is 1.00. The average molecular weight is 220 g/mol. The van der Waals surface area contributed by atoms with E-state index in [1.807, 2.05) is 0 Å². The molecule has 0 aromatic rings. The molecule has 0 aromatic heterocycles. The maximum atomic E-state index is 6.33. The van der Waals surface area contributed by atoms with E-state index < -0.39 is 0 Å². The molecular formula is C15H29B. The van der Waals surface area contributed by atoms with Gasteiger partial charge in [-0.3, -0.25) is 0 Å². The van der Waals surface area contributed by atoms with Crippen LogP contribution in [0, 0.1) is 0 Å². The Bertz CT molecular complexity index is 147. The second-order valence-corrected chi connectivity index (χ2v) is 6.04. The molecule has 2 radical (unpaired) electrons. The standard InChI is InChI=1S/C15H29B/c1-15(16)13-11-9-7-5-3-2-4-6-8-10-12-14-15/h2-14H2,1H3. The lowest BCUT2D eigenvalue weighted by atomic mass is 9.64. The van der Waals surface area contributed by atoms with Gasteiger partial charge in [0.15, 0.2) is 0 Å². The van der Waals surface area contributed by atoms with Crippen LogP contribution in [0.2, 0.25) is 5.31 Å². The van der Waals surface area contributed by atoms with Gasteiger partial charge in [-0.25, -0.2) is 0 Å². The van der Waals surface area contributed by atoms with Crippen LogP contribution < -0.4 is 0 Å². The topological polar surface area (TPSA) is 0 Å². The molecule has 1 saturated carbocycles. The Balaban J connectivity index is 2.22. The molecule has 0 spiro atoms. The van der Waals surface area contributed by atoms with Crippen LogP contribution in [0.3, 0.4) is 0 Å². The van der Waals surface area contributed by atoms with E-state index in [4.69, 9.17) is 7.85 Å². The Kier molecular flexibility index (Phi) is 7.24. The van der Waals surface area contributed by atoms with Crippen molar-refractivity contribution < 1.29 is 0 Å². The predicted molar refractivity (Wildman–Crippen MR) is 74.1 cm³/mol. The molecule has 92 valence electrons. The Morgan fingerprint density at radius 3 is 1.12 bits per heavy atom. The summed E-state index contributed by atoms with van der Waals surface area (Å²) in [6.45, 7) is 2.25. The largest absolute Gasteiger partial charge is 0.0742 e. The van der Waals surface area contributed by atoms with Crippen molar-refractivity contribution in [2.75, 3.05) is 0 Å². The summed E-state index contributed by atoms with van der Waals surface area (Å²) < 4.78 is 0. The SMILES string of the molecule is [B]C1(C)CCCCCCCCCCCCC1. The van der Waals surface area contributed by atoms with Crippen LogP contribution in [0.15, 0.2) is 0 Å². The Hall–Kier alpha value is 0.0649. The van der Waals surface area contributed by atoms with Gasteiger partial charge >= 0.3 is 0 Å². The summed E-state index contributed by atoms with van der Waals surface area (Å²) in [5.41, 5.74) is 0. The summed E-state index contributed by atoms with van der Waals surface area (Å²) in [6.07, 6.45) is 18.1. The van der Waals surface area contributed by atoms with E-state index in [9.17, 15) is 0 Å². The molecule has 0 unspecified atom stereocenters. The second-order valence-electron chi connectivity index (χ2n) is 6.04. The van der Waals surface area contributed by atoms with Gasteiger partial charge < -0.3 is 0 Å². The third-order valence-corrected chi connectivity index (χ3v) is 4.00. The molecule has 0 aliphatic heterocycles. The first-order chi connectivity index (χ1) is 7.71. The summed E-state index contributed by atoms with van der Waals surface area (Å²) in [5, 5.41) is 0.115. The van der Waals surface area contributed by atoms with Gasteiger partial charge in [-0.2, -0.15) is 0 Å². The highest BCUT2D eigenvalue weighted by Crippen LogP contribution is 2.34. The lowest BCUT2D eigenvalue weighted by molar-refractivity contribution is 0.440. The monoisotopic (exact) mass is 220 g/mol. The lowest BCUT2D eigenvalue weighted by Gasteiger charge is -2.25. The Labute approximate surface area is 104 Å². The molecular weight excluding hydrogens is 191 g/mol. The van der Waals surface area contributed by atoms with E-state index in [2.05, 4.69) is 6.92 Å². The van der Waals surface area contributed by atoms with Gasteiger partial charge in [0.1, 0.15) is 0 Å². The molecule has 0 heterocycles. The summed E-state index contributed by atoms with van der Waals surface area (Å²) in [5.74, 6) is 0. The van der Waals surface area contributed by atoms with E-state index in [0.717, 1.165) is 0 Å². The Morgan fingerprint density at radius 2 is 0.812 bits per heavy atom. The third kappa shape index (κ3) is 7.36. The molecule has 0 atom stereocenters. The van der Waals surface area contributed by atoms with E-state index >= 15 is 0 Å². The molecule has 1 heteroatoms. The van der Waals surface area contributed by atoms with Crippen LogP contribution in [0.4, 0.5) is 0 Å². The molecule has 0 N–H and O–H groups in total. The van der Waals surface area contributed by atoms with Gasteiger partial charge in [0.2, 0.25) is 0 Å². The highest BCUT2D eigenvalue weighted by Gasteiger charge is 2.16. The maximum Gasteiger partial charge on any atom is 0.0742 e. The first kappa shape index (κ1) is 14.1. The van der Waals surface area contributed by atoms with Gasteiger partial charge in [0, 0.05) is 0 Å². The van der Waals surface area contributed by atoms with Crippen LogP contribution in [0.1, 0.15) is 90.4 Å². The number of hydrogen-bond donors (Lipinski definition) is 0. The van der Waals surface area contributed by atoms with Crippen LogP contribution in [-0.4, -0.2) is 7.85 Å². The first-order valence-electron chi connectivity index (χ1n) is 7.50. The quantitative estimate of drug-likeness (QED) is 0.478. The van der Waals surface area contributed by atoms with Gasteiger partial charge in [-0.15, -0.1) is 0 Å². The fourth-order valence-corrected chi connectivity index (χ4v) is 2.77. The van der Waals surface area contributed by atoms with Crippen LogP contribution >= 0.6 is 0 Å². The zero-order chi connectivity index (χ0) is 11.7. The summed E-state index contributed by atoms with van der Waals surface area (Å²) in [6, 6.07) is 0. The van der Waals surface area contributed by atoms with Crippen LogP contribution in [-0.2, 0) is 0 Å². The molecule has 1 aliphatic rings.